The molecule has 2 aromatic heterocycles. The summed E-state index contributed by atoms with van der Waals surface area (Å²) in [4.78, 5) is 21.0. The predicted molar refractivity (Wildman–Crippen MR) is 296 cm³/mol. The van der Waals surface area contributed by atoms with Crippen LogP contribution in [-0.4, -0.2) is 19.9 Å². The Bertz CT molecular complexity index is 3800. The molecule has 12 rings (SSSR count). The van der Waals surface area contributed by atoms with Crippen LogP contribution in [0, 0.1) is 25.2 Å². The first-order chi connectivity index (χ1) is 35.5. The molecule has 0 saturated carbocycles. The highest BCUT2D eigenvalue weighted by molar-refractivity contribution is 6.00. The smallest absolute Gasteiger partial charge is 0.160 e. The zero-order valence-electron chi connectivity index (χ0n) is 39.8. The van der Waals surface area contributed by atoms with Gasteiger partial charge >= 0.3 is 0 Å². The molecule has 0 aliphatic heterocycles. The molecule has 5 nitrogen and oxygen atoms in total. The highest BCUT2D eigenvalue weighted by Crippen LogP contribution is 2.43. The Morgan fingerprint density at radius 2 is 0.667 bits per heavy atom. The molecule has 10 aromatic carbocycles. The van der Waals surface area contributed by atoms with Crippen LogP contribution in [0.15, 0.2) is 237 Å². The summed E-state index contributed by atoms with van der Waals surface area (Å²) in [7, 11) is 0. The van der Waals surface area contributed by atoms with Crippen molar-refractivity contribution in [2.45, 2.75) is 13.8 Å². The number of benzene rings is 10. The standard InChI is InChI=1S/C67H45N5/c1-43-62(69-66(52-20-5-3-6-21-52)71-64(43)59-31-14-24-46-18-9-11-27-55(46)59)50-37-33-48(34-38-50)57-29-16-30-58(61(57)54-26-13-17-45(41-54)42-68)49-35-39-51(40-36-49)63-44(2)65(72-67(70-63)53-22-7-4-8-23-53)60-32-15-25-47-19-10-12-28-56(47)60/h3-41H,1-2H3. The Hall–Kier alpha value is -9.63. The highest BCUT2D eigenvalue weighted by atomic mass is 14.9. The minimum Gasteiger partial charge on any atom is -0.228 e. The molecule has 0 amide bonds. The maximum Gasteiger partial charge on any atom is 0.160 e. The zero-order chi connectivity index (χ0) is 48.5. The molecule has 0 unspecified atom stereocenters. The molecule has 0 aliphatic carbocycles. The van der Waals surface area contributed by atoms with Crippen LogP contribution in [-0.2, 0) is 0 Å². The van der Waals surface area contributed by atoms with Crippen LogP contribution >= 0.6 is 0 Å². The number of fused-ring (bicyclic) bond motifs is 2. The summed E-state index contributed by atoms with van der Waals surface area (Å²) in [5.41, 5.74) is 18.5. The lowest BCUT2D eigenvalue weighted by atomic mass is 9.86. The van der Waals surface area contributed by atoms with Crippen LogP contribution in [0.5, 0.6) is 0 Å². The normalized spacial score (nSPS) is 11.2. The lowest BCUT2D eigenvalue weighted by molar-refractivity contribution is 1.15. The molecule has 0 saturated heterocycles. The molecule has 12 aromatic rings. The van der Waals surface area contributed by atoms with Crippen molar-refractivity contribution in [3.05, 3.63) is 253 Å². The number of nitriles is 1. The molecule has 0 aliphatic rings. The van der Waals surface area contributed by atoms with E-state index in [1.807, 2.05) is 54.6 Å². The second-order valence-corrected chi connectivity index (χ2v) is 18.1. The predicted octanol–water partition coefficient (Wildman–Crippen LogP) is 17.1. The molecule has 338 valence electrons. The van der Waals surface area contributed by atoms with Crippen molar-refractivity contribution < 1.29 is 0 Å². The van der Waals surface area contributed by atoms with E-state index in [0.717, 1.165) is 111 Å². The van der Waals surface area contributed by atoms with Gasteiger partial charge in [-0.15, -0.1) is 0 Å². The minimum absolute atomic E-state index is 0.602. The summed E-state index contributed by atoms with van der Waals surface area (Å²) >= 11 is 0. The van der Waals surface area contributed by atoms with Crippen LogP contribution in [0.2, 0.25) is 0 Å². The van der Waals surface area contributed by atoms with Crippen LogP contribution in [0.25, 0.3) is 123 Å². The minimum atomic E-state index is 0.602. The third-order valence-electron chi connectivity index (χ3n) is 13.7. The first-order valence-electron chi connectivity index (χ1n) is 24.2. The molecule has 2 heterocycles. The fourth-order valence-corrected chi connectivity index (χ4v) is 10.1. The largest absolute Gasteiger partial charge is 0.228 e. The van der Waals surface area contributed by atoms with E-state index in [-0.39, 0.29) is 0 Å². The summed E-state index contributed by atoms with van der Waals surface area (Å²) in [6.45, 7) is 4.25. The Balaban J connectivity index is 0.967. The molecule has 5 heteroatoms. The quantitative estimate of drug-likeness (QED) is 0.144. The van der Waals surface area contributed by atoms with Crippen molar-refractivity contribution >= 4 is 21.5 Å². The second kappa shape index (κ2) is 18.7. The number of hydrogen-bond donors (Lipinski definition) is 0. The first kappa shape index (κ1) is 43.6. The fourth-order valence-electron chi connectivity index (χ4n) is 10.1. The van der Waals surface area contributed by atoms with E-state index in [1.54, 1.807) is 0 Å². The van der Waals surface area contributed by atoms with Crippen LogP contribution < -0.4 is 0 Å². The lowest BCUT2D eigenvalue weighted by Crippen LogP contribution is -2.01. The average molecular weight is 920 g/mol. The van der Waals surface area contributed by atoms with Gasteiger partial charge in [-0.1, -0.05) is 224 Å². The average Bonchev–Trinajstić information content (AvgIpc) is 3.45. The van der Waals surface area contributed by atoms with E-state index >= 15 is 0 Å². The van der Waals surface area contributed by atoms with E-state index in [1.165, 1.54) is 10.8 Å². The molecule has 72 heavy (non-hydrogen) atoms. The number of nitrogens with zero attached hydrogens (tertiary/aromatic N) is 5. The molecule has 0 N–H and O–H groups in total. The molecule has 0 radical (unpaired) electrons. The molecule has 0 bridgehead atoms. The van der Waals surface area contributed by atoms with E-state index in [4.69, 9.17) is 19.9 Å². The lowest BCUT2D eigenvalue weighted by Gasteiger charge is -2.18. The summed E-state index contributed by atoms with van der Waals surface area (Å²) in [5.74, 6) is 1.36. The fraction of sp³-hybridized carbons (Fsp3) is 0.0299. The Labute approximate surface area is 419 Å². The van der Waals surface area contributed by atoms with Gasteiger partial charge in [-0.25, -0.2) is 19.9 Å². The van der Waals surface area contributed by atoms with Gasteiger partial charge in [0.05, 0.1) is 34.4 Å². The van der Waals surface area contributed by atoms with Gasteiger partial charge in [0.25, 0.3) is 0 Å². The number of rotatable bonds is 9. The van der Waals surface area contributed by atoms with Gasteiger partial charge in [-0.2, -0.15) is 5.26 Å². The van der Waals surface area contributed by atoms with Gasteiger partial charge in [-0.05, 0) is 80.9 Å². The Morgan fingerprint density at radius 1 is 0.306 bits per heavy atom. The summed E-state index contributed by atoms with van der Waals surface area (Å²) in [6, 6.07) is 84.3. The van der Waals surface area contributed by atoms with Crippen molar-refractivity contribution in [3.63, 3.8) is 0 Å². The third-order valence-corrected chi connectivity index (χ3v) is 13.7. The Kier molecular flexibility index (Phi) is 11.3. The van der Waals surface area contributed by atoms with Crippen LogP contribution in [0.3, 0.4) is 0 Å². The molecule has 0 fully saturated rings. The SMILES string of the molecule is Cc1c(-c2ccc(-c3cccc(-c4ccc(-c5nc(-c6ccccc6)nc(-c6cccc7ccccc67)c5C)cc4)c3-c3cccc(C#N)c3)cc2)nc(-c2ccccc2)nc1-c1cccc2ccccc12. The topological polar surface area (TPSA) is 75.3 Å². The van der Waals surface area contributed by atoms with E-state index in [0.29, 0.717) is 17.2 Å². The highest BCUT2D eigenvalue weighted by Gasteiger charge is 2.21. The molecule has 0 spiro atoms. The van der Waals surface area contributed by atoms with E-state index in [2.05, 4.69) is 202 Å². The van der Waals surface area contributed by atoms with Crippen molar-refractivity contribution in [2.24, 2.45) is 0 Å². The maximum atomic E-state index is 10.1. The number of aromatic nitrogens is 4. The molecular formula is C67H45N5. The number of hydrogen-bond acceptors (Lipinski definition) is 5. The van der Waals surface area contributed by atoms with Crippen LogP contribution in [0.4, 0.5) is 0 Å². The summed E-state index contributed by atoms with van der Waals surface area (Å²) < 4.78 is 0. The van der Waals surface area contributed by atoms with Crippen molar-refractivity contribution in [1.29, 1.82) is 5.26 Å². The maximum absolute atomic E-state index is 10.1. The van der Waals surface area contributed by atoms with Crippen molar-refractivity contribution in [3.8, 4) is 107 Å². The third kappa shape index (κ3) is 8.07. The Morgan fingerprint density at radius 3 is 1.14 bits per heavy atom. The second-order valence-electron chi connectivity index (χ2n) is 18.1. The van der Waals surface area contributed by atoms with Crippen molar-refractivity contribution in [1.82, 2.24) is 19.9 Å². The summed E-state index contributed by atoms with van der Waals surface area (Å²) in [5, 5.41) is 14.7. The van der Waals surface area contributed by atoms with Gasteiger partial charge in [0.2, 0.25) is 0 Å². The molecule has 0 atom stereocenters. The van der Waals surface area contributed by atoms with Gasteiger partial charge in [0, 0.05) is 44.5 Å². The monoisotopic (exact) mass is 919 g/mol. The van der Waals surface area contributed by atoms with Gasteiger partial charge < -0.3 is 0 Å². The van der Waals surface area contributed by atoms with Gasteiger partial charge in [0.1, 0.15) is 0 Å². The van der Waals surface area contributed by atoms with E-state index in [9.17, 15) is 5.26 Å². The van der Waals surface area contributed by atoms with Gasteiger partial charge in [-0.3, -0.25) is 0 Å². The van der Waals surface area contributed by atoms with Gasteiger partial charge in [0.15, 0.2) is 11.6 Å². The molecular weight excluding hydrogens is 875 g/mol. The zero-order valence-corrected chi connectivity index (χ0v) is 39.8. The van der Waals surface area contributed by atoms with E-state index < -0.39 is 0 Å². The summed E-state index contributed by atoms with van der Waals surface area (Å²) in [6.07, 6.45) is 0. The van der Waals surface area contributed by atoms with Crippen molar-refractivity contribution in [2.75, 3.05) is 0 Å². The van der Waals surface area contributed by atoms with Crippen LogP contribution in [0.1, 0.15) is 16.7 Å². The first-order valence-corrected chi connectivity index (χ1v) is 24.2.